The largest absolute Gasteiger partial charge is 0.330 e. The van der Waals surface area contributed by atoms with Gasteiger partial charge in [-0.25, -0.2) is 4.98 Å². The average molecular weight is 310 g/mol. The molecule has 5 heteroatoms. The van der Waals surface area contributed by atoms with Gasteiger partial charge >= 0.3 is 0 Å². The number of pyridine rings is 1. The van der Waals surface area contributed by atoms with Crippen molar-refractivity contribution in [2.24, 2.45) is 0 Å². The Hall–Kier alpha value is -1.42. The van der Waals surface area contributed by atoms with Crippen LogP contribution >= 0.6 is 22.6 Å². The Balaban J connectivity index is 2.23. The molecule has 0 N–H and O–H groups in total. The van der Waals surface area contributed by atoms with Crippen LogP contribution in [0.1, 0.15) is 11.4 Å². The second kappa shape index (κ2) is 4.40. The highest BCUT2D eigenvalue weighted by atomic mass is 127. The summed E-state index contributed by atoms with van der Waals surface area (Å²) in [5.74, 6) is 0. The van der Waals surface area contributed by atoms with Gasteiger partial charge in [-0.05, 0) is 34.7 Å². The normalized spacial score (nSPS) is 9.87. The van der Waals surface area contributed by atoms with Crippen molar-refractivity contribution in [1.29, 1.82) is 5.26 Å². The van der Waals surface area contributed by atoms with Gasteiger partial charge in [-0.3, -0.25) is 4.98 Å². The van der Waals surface area contributed by atoms with Gasteiger partial charge in [0.2, 0.25) is 0 Å². The molecule has 0 fully saturated rings. The van der Waals surface area contributed by atoms with E-state index in [1.165, 1.54) is 0 Å². The summed E-state index contributed by atoms with van der Waals surface area (Å²) in [6.07, 6.45) is 5.12. The van der Waals surface area contributed by atoms with Gasteiger partial charge in [-0.1, -0.05) is 0 Å². The summed E-state index contributed by atoms with van der Waals surface area (Å²) in [5.41, 5.74) is 1.42. The molecule has 0 aliphatic rings. The molecule has 2 aromatic heterocycles. The smallest absolute Gasteiger partial charge is 0.158 e. The Kier molecular flexibility index (Phi) is 2.97. The lowest BCUT2D eigenvalue weighted by Gasteiger charge is -2.02. The topological polar surface area (TPSA) is 54.5 Å². The number of imidazole rings is 1. The molecule has 0 saturated carbocycles. The van der Waals surface area contributed by atoms with E-state index in [9.17, 15) is 0 Å². The van der Waals surface area contributed by atoms with Crippen molar-refractivity contribution in [3.8, 4) is 6.07 Å². The quantitative estimate of drug-likeness (QED) is 0.795. The summed E-state index contributed by atoms with van der Waals surface area (Å²) in [5, 5.41) is 8.63. The number of hydrogen-bond donors (Lipinski definition) is 0. The van der Waals surface area contributed by atoms with Gasteiger partial charge in [0, 0.05) is 16.0 Å². The van der Waals surface area contributed by atoms with Crippen LogP contribution in [-0.2, 0) is 6.54 Å². The molecule has 0 aliphatic heterocycles. The lowest BCUT2D eigenvalue weighted by molar-refractivity contribution is 0.768. The van der Waals surface area contributed by atoms with E-state index >= 15 is 0 Å². The Morgan fingerprint density at radius 3 is 3.00 bits per heavy atom. The van der Waals surface area contributed by atoms with Gasteiger partial charge < -0.3 is 4.57 Å². The average Bonchev–Trinajstić information content (AvgIpc) is 2.69. The van der Waals surface area contributed by atoms with Crippen LogP contribution in [0.3, 0.4) is 0 Å². The van der Waals surface area contributed by atoms with E-state index in [1.54, 1.807) is 18.7 Å². The van der Waals surface area contributed by atoms with Gasteiger partial charge in [0.1, 0.15) is 6.07 Å². The minimum absolute atomic E-state index is 0.431. The molecular weight excluding hydrogens is 303 g/mol. The van der Waals surface area contributed by atoms with E-state index in [0.29, 0.717) is 12.2 Å². The first-order valence-corrected chi connectivity index (χ1v) is 5.39. The van der Waals surface area contributed by atoms with E-state index in [0.717, 1.165) is 9.26 Å². The fourth-order valence-electron chi connectivity index (χ4n) is 1.21. The molecule has 15 heavy (non-hydrogen) atoms. The highest BCUT2D eigenvalue weighted by Gasteiger charge is 2.02. The van der Waals surface area contributed by atoms with Crippen LogP contribution in [0, 0.1) is 14.9 Å². The summed E-state index contributed by atoms with van der Waals surface area (Å²) >= 11 is 2.24. The monoisotopic (exact) mass is 310 g/mol. The van der Waals surface area contributed by atoms with Crippen molar-refractivity contribution < 1.29 is 0 Å². The molecule has 0 aliphatic carbocycles. The first-order chi connectivity index (χ1) is 7.29. The summed E-state index contributed by atoms with van der Waals surface area (Å²) in [6.45, 7) is 0.647. The maximum absolute atomic E-state index is 8.63. The third kappa shape index (κ3) is 2.33. The number of nitrogens with zero attached hydrogens (tertiary/aromatic N) is 4. The van der Waals surface area contributed by atoms with Crippen LogP contribution in [0.4, 0.5) is 0 Å². The van der Waals surface area contributed by atoms with Crippen LogP contribution in [0.2, 0.25) is 0 Å². The number of aromatic nitrogens is 3. The van der Waals surface area contributed by atoms with Crippen molar-refractivity contribution in [2.75, 3.05) is 0 Å². The molecule has 4 nitrogen and oxygen atoms in total. The Morgan fingerprint density at radius 1 is 1.47 bits per heavy atom. The molecule has 0 unspecified atom stereocenters. The van der Waals surface area contributed by atoms with E-state index in [4.69, 9.17) is 5.26 Å². The Labute approximate surface area is 101 Å². The number of rotatable bonds is 2. The molecule has 74 valence electrons. The third-order valence-electron chi connectivity index (χ3n) is 1.91. The highest BCUT2D eigenvalue weighted by molar-refractivity contribution is 14.1. The minimum atomic E-state index is 0.431. The standard InChI is InChI=1S/C10H7IN4/c11-9-2-1-3-13-10(9)6-15-5-8(4-12)14-7-15/h1-3,5,7H,6H2. The van der Waals surface area contributed by atoms with Crippen LogP contribution < -0.4 is 0 Å². The van der Waals surface area contributed by atoms with Crippen molar-refractivity contribution >= 4 is 22.6 Å². The van der Waals surface area contributed by atoms with Crippen molar-refractivity contribution in [3.05, 3.63) is 45.8 Å². The first kappa shape index (κ1) is 10.1. The fourth-order valence-corrected chi connectivity index (χ4v) is 1.73. The Bertz CT molecular complexity index is 512. The zero-order valence-electron chi connectivity index (χ0n) is 7.76. The summed E-state index contributed by atoms with van der Waals surface area (Å²) in [6, 6.07) is 5.90. The van der Waals surface area contributed by atoms with E-state index in [2.05, 4.69) is 32.6 Å². The predicted octanol–water partition coefficient (Wildman–Crippen LogP) is 1.80. The molecule has 0 saturated heterocycles. The van der Waals surface area contributed by atoms with Crippen LogP contribution in [0.25, 0.3) is 0 Å². The predicted molar refractivity (Wildman–Crippen MR) is 63.0 cm³/mol. The molecule has 0 aromatic carbocycles. The fraction of sp³-hybridized carbons (Fsp3) is 0.100. The lowest BCUT2D eigenvalue weighted by atomic mass is 10.3. The zero-order chi connectivity index (χ0) is 10.7. The Morgan fingerprint density at radius 2 is 2.33 bits per heavy atom. The summed E-state index contributed by atoms with van der Waals surface area (Å²) < 4.78 is 2.96. The maximum Gasteiger partial charge on any atom is 0.158 e. The number of nitriles is 1. The van der Waals surface area contributed by atoms with Gasteiger partial charge in [-0.15, -0.1) is 0 Å². The van der Waals surface area contributed by atoms with Gasteiger partial charge in [0.05, 0.1) is 18.6 Å². The number of hydrogen-bond acceptors (Lipinski definition) is 3. The van der Waals surface area contributed by atoms with Gasteiger partial charge in [-0.2, -0.15) is 5.26 Å². The van der Waals surface area contributed by atoms with Crippen LogP contribution in [0.5, 0.6) is 0 Å². The van der Waals surface area contributed by atoms with Crippen molar-refractivity contribution in [3.63, 3.8) is 0 Å². The lowest BCUT2D eigenvalue weighted by Crippen LogP contribution is -2.01. The molecular formula is C10H7IN4. The van der Waals surface area contributed by atoms with Crippen molar-refractivity contribution in [2.45, 2.75) is 6.54 Å². The summed E-state index contributed by atoms with van der Waals surface area (Å²) in [7, 11) is 0. The van der Waals surface area contributed by atoms with Crippen LogP contribution in [0.15, 0.2) is 30.9 Å². The van der Waals surface area contributed by atoms with E-state index in [1.807, 2.05) is 22.8 Å². The SMILES string of the molecule is N#Cc1cn(Cc2ncccc2I)cn1. The summed E-state index contributed by atoms with van der Waals surface area (Å²) in [4.78, 5) is 8.20. The molecule has 2 heterocycles. The minimum Gasteiger partial charge on any atom is -0.330 e. The van der Waals surface area contributed by atoms with E-state index in [-0.39, 0.29) is 0 Å². The highest BCUT2D eigenvalue weighted by Crippen LogP contribution is 2.10. The molecule has 0 bridgehead atoms. The second-order valence-corrected chi connectivity index (χ2v) is 4.14. The zero-order valence-corrected chi connectivity index (χ0v) is 9.92. The molecule has 0 spiro atoms. The first-order valence-electron chi connectivity index (χ1n) is 4.31. The van der Waals surface area contributed by atoms with Gasteiger partial charge in [0.15, 0.2) is 5.69 Å². The second-order valence-electron chi connectivity index (χ2n) is 2.97. The molecule has 0 atom stereocenters. The van der Waals surface area contributed by atoms with E-state index < -0.39 is 0 Å². The third-order valence-corrected chi connectivity index (χ3v) is 2.90. The molecule has 2 rings (SSSR count). The maximum atomic E-state index is 8.63. The van der Waals surface area contributed by atoms with Gasteiger partial charge in [0.25, 0.3) is 0 Å². The van der Waals surface area contributed by atoms with Crippen LogP contribution in [-0.4, -0.2) is 14.5 Å². The van der Waals surface area contributed by atoms with Crippen molar-refractivity contribution in [1.82, 2.24) is 14.5 Å². The molecule has 2 aromatic rings. The molecule has 0 amide bonds. The number of halogens is 1. The molecule has 0 radical (unpaired) electrons.